The van der Waals surface area contributed by atoms with Gasteiger partial charge in [-0.3, -0.25) is 4.72 Å². The summed E-state index contributed by atoms with van der Waals surface area (Å²) in [6.07, 6.45) is 2.88. The van der Waals surface area contributed by atoms with E-state index in [9.17, 15) is 8.42 Å². The van der Waals surface area contributed by atoms with E-state index in [1.165, 1.54) is 12.5 Å². The molecule has 0 spiro atoms. The second kappa shape index (κ2) is 5.99. The molecular formula is C14H16N4O2S. The van der Waals surface area contributed by atoms with Crippen molar-refractivity contribution in [3.8, 4) is 11.8 Å². The number of hydrogen-bond donors (Lipinski definition) is 2. The fourth-order valence-electron chi connectivity index (χ4n) is 1.73. The van der Waals surface area contributed by atoms with Crippen molar-refractivity contribution in [2.75, 3.05) is 11.3 Å². The number of rotatable bonds is 3. The summed E-state index contributed by atoms with van der Waals surface area (Å²) in [4.78, 5) is 3.85. The summed E-state index contributed by atoms with van der Waals surface area (Å²) in [5, 5.41) is -0.0172. The minimum Gasteiger partial charge on any atom is -0.339 e. The zero-order valence-electron chi connectivity index (χ0n) is 11.8. The van der Waals surface area contributed by atoms with Gasteiger partial charge in [0.05, 0.1) is 18.6 Å². The van der Waals surface area contributed by atoms with Gasteiger partial charge in [-0.1, -0.05) is 11.8 Å². The predicted molar refractivity (Wildman–Crippen MR) is 81.1 cm³/mol. The largest absolute Gasteiger partial charge is 0.339 e. The van der Waals surface area contributed by atoms with E-state index in [0.717, 1.165) is 11.1 Å². The van der Waals surface area contributed by atoms with Gasteiger partial charge < -0.3 is 10.3 Å². The molecule has 1 heterocycles. The maximum absolute atomic E-state index is 12.2. The number of aryl methyl sites for hydroxylation is 2. The topological polar surface area (TPSA) is 90.0 Å². The number of nitrogens with one attached hydrogen (secondary N) is 1. The number of hydrogen-bond acceptors (Lipinski definition) is 4. The lowest BCUT2D eigenvalue weighted by atomic mass is 10.1. The Labute approximate surface area is 124 Å². The van der Waals surface area contributed by atoms with Gasteiger partial charge in [-0.25, -0.2) is 4.98 Å². The van der Waals surface area contributed by atoms with Gasteiger partial charge in [-0.15, -0.1) is 0 Å². The molecule has 3 N–H and O–H groups in total. The number of nitrogens with two attached hydrogens (primary N) is 1. The molecule has 0 saturated carbocycles. The van der Waals surface area contributed by atoms with Gasteiger partial charge in [0.15, 0.2) is 5.03 Å². The minimum atomic E-state index is -3.68. The van der Waals surface area contributed by atoms with Gasteiger partial charge in [-0.05, 0) is 30.7 Å². The van der Waals surface area contributed by atoms with E-state index in [2.05, 4.69) is 21.5 Å². The van der Waals surface area contributed by atoms with E-state index in [1.807, 2.05) is 6.92 Å². The minimum absolute atomic E-state index is 0.0172. The Balaban J connectivity index is 2.27. The molecular weight excluding hydrogens is 288 g/mol. The Hall–Kier alpha value is -2.30. The number of anilines is 1. The van der Waals surface area contributed by atoms with Crippen molar-refractivity contribution in [1.29, 1.82) is 0 Å². The maximum Gasteiger partial charge on any atom is 0.280 e. The van der Waals surface area contributed by atoms with Crippen LogP contribution in [0, 0.1) is 18.8 Å². The monoisotopic (exact) mass is 304 g/mol. The van der Waals surface area contributed by atoms with Crippen LogP contribution < -0.4 is 10.5 Å². The smallest absolute Gasteiger partial charge is 0.280 e. The average molecular weight is 304 g/mol. The quantitative estimate of drug-likeness (QED) is 0.822. The standard InChI is InChI=1S/C14H16N4O2S/c1-11-8-12(4-3-7-15)5-6-13(11)17-21(19,20)14-9-18(2)10-16-14/h5-6,8-10,17H,7,15H2,1-2H3. The second-order valence-corrected chi connectivity index (χ2v) is 6.15. The summed E-state index contributed by atoms with van der Waals surface area (Å²) >= 11 is 0. The normalized spacial score (nSPS) is 10.8. The highest BCUT2D eigenvalue weighted by Gasteiger charge is 2.17. The molecule has 1 aromatic heterocycles. The van der Waals surface area contributed by atoms with Gasteiger partial charge in [0.2, 0.25) is 0 Å². The lowest BCUT2D eigenvalue weighted by Crippen LogP contribution is -2.14. The van der Waals surface area contributed by atoms with E-state index < -0.39 is 10.0 Å². The molecule has 21 heavy (non-hydrogen) atoms. The van der Waals surface area contributed by atoms with Crippen molar-refractivity contribution in [2.24, 2.45) is 12.8 Å². The summed E-state index contributed by atoms with van der Waals surface area (Å²) in [5.74, 6) is 5.66. The van der Waals surface area contributed by atoms with Crippen LogP contribution in [0.1, 0.15) is 11.1 Å². The lowest BCUT2D eigenvalue weighted by molar-refractivity contribution is 0.598. The SMILES string of the molecule is Cc1cc(C#CCN)ccc1NS(=O)(=O)c1cn(C)cn1. The first-order valence-electron chi connectivity index (χ1n) is 6.23. The molecule has 0 bridgehead atoms. The molecule has 6 nitrogen and oxygen atoms in total. The number of aromatic nitrogens is 2. The van der Waals surface area contributed by atoms with Crippen LogP contribution in [0.2, 0.25) is 0 Å². The molecule has 0 unspecified atom stereocenters. The first kappa shape index (κ1) is 15.1. The number of imidazole rings is 1. The summed E-state index contributed by atoms with van der Waals surface area (Å²) < 4.78 is 28.5. The third-order valence-corrected chi connectivity index (χ3v) is 4.01. The van der Waals surface area contributed by atoms with E-state index in [-0.39, 0.29) is 11.6 Å². The number of sulfonamides is 1. The van der Waals surface area contributed by atoms with Crippen molar-refractivity contribution in [3.63, 3.8) is 0 Å². The molecule has 0 fully saturated rings. The Morgan fingerprint density at radius 2 is 2.19 bits per heavy atom. The van der Waals surface area contributed by atoms with E-state index in [0.29, 0.717) is 5.69 Å². The van der Waals surface area contributed by atoms with Crippen molar-refractivity contribution in [3.05, 3.63) is 41.9 Å². The molecule has 0 aliphatic rings. The van der Waals surface area contributed by atoms with E-state index >= 15 is 0 Å². The van der Waals surface area contributed by atoms with Crippen LogP contribution in [0.4, 0.5) is 5.69 Å². The fourth-order valence-corrected chi connectivity index (χ4v) is 2.85. The summed E-state index contributed by atoms with van der Waals surface area (Å²) in [5.41, 5.74) is 7.39. The number of benzene rings is 1. The predicted octanol–water partition coefficient (Wildman–Crippen LogP) is 0.840. The Morgan fingerprint density at radius 1 is 1.43 bits per heavy atom. The summed E-state index contributed by atoms with van der Waals surface area (Å²) in [6.45, 7) is 2.09. The fraction of sp³-hybridized carbons (Fsp3) is 0.214. The van der Waals surface area contributed by atoms with Crippen molar-refractivity contribution in [2.45, 2.75) is 11.9 Å². The van der Waals surface area contributed by atoms with Crippen molar-refractivity contribution >= 4 is 15.7 Å². The molecule has 1 aromatic carbocycles. The third-order valence-electron chi connectivity index (χ3n) is 2.76. The highest BCUT2D eigenvalue weighted by Crippen LogP contribution is 2.19. The van der Waals surface area contributed by atoms with Crippen molar-refractivity contribution in [1.82, 2.24) is 9.55 Å². The Kier molecular flexibility index (Phi) is 4.31. The molecule has 0 aliphatic carbocycles. The molecule has 0 amide bonds. The van der Waals surface area contributed by atoms with Crippen LogP contribution in [0.15, 0.2) is 35.7 Å². The van der Waals surface area contributed by atoms with Gasteiger partial charge >= 0.3 is 0 Å². The molecule has 7 heteroatoms. The van der Waals surface area contributed by atoms with Crippen LogP contribution in [-0.2, 0) is 17.1 Å². The second-order valence-electron chi connectivity index (χ2n) is 4.52. The molecule has 0 saturated heterocycles. The molecule has 2 rings (SSSR count). The zero-order chi connectivity index (χ0) is 15.5. The first-order chi connectivity index (χ1) is 9.92. The average Bonchev–Trinajstić information content (AvgIpc) is 2.86. The van der Waals surface area contributed by atoms with E-state index in [4.69, 9.17) is 5.73 Å². The molecule has 0 radical (unpaired) electrons. The first-order valence-corrected chi connectivity index (χ1v) is 7.71. The maximum atomic E-state index is 12.2. The molecule has 110 valence electrons. The van der Waals surface area contributed by atoms with Crippen LogP contribution in [0.3, 0.4) is 0 Å². The summed E-state index contributed by atoms with van der Waals surface area (Å²) in [6, 6.07) is 5.22. The zero-order valence-corrected chi connectivity index (χ0v) is 12.6. The van der Waals surface area contributed by atoms with Crippen LogP contribution in [0.5, 0.6) is 0 Å². The Bertz CT molecular complexity index is 813. The molecule has 0 aliphatic heterocycles. The lowest BCUT2D eigenvalue weighted by Gasteiger charge is -2.09. The van der Waals surface area contributed by atoms with Crippen LogP contribution in [-0.4, -0.2) is 24.5 Å². The van der Waals surface area contributed by atoms with E-state index in [1.54, 1.807) is 29.8 Å². The highest BCUT2D eigenvalue weighted by atomic mass is 32.2. The highest BCUT2D eigenvalue weighted by molar-refractivity contribution is 7.92. The van der Waals surface area contributed by atoms with Crippen LogP contribution in [0.25, 0.3) is 0 Å². The van der Waals surface area contributed by atoms with Gasteiger partial charge in [-0.2, -0.15) is 8.42 Å². The van der Waals surface area contributed by atoms with Gasteiger partial charge in [0.25, 0.3) is 10.0 Å². The number of nitrogens with zero attached hydrogens (tertiary/aromatic N) is 2. The van der Waals surface area contributed by atoms with Crippen LogP contribution >= 0.6 is 0 Å². The Morgan fingerprint density at radius 3 is 2.76 bits per heavy atom. The summed E-state index contributed by atoms with van der Waals surface area (Å²) in [7, 11) is -1.97. The molecule has 2 aromatic rings. The molecule has 0 atom stereocenters. The van der Waals surface area contributed by atoms with Gasteiger partial charge in [0, 0.05) is 18.8 Å². The van der Waals surface area contributed by atoms with Gasteiger partial charge in [0.1, 0.15) is 0 Å². The third kappa shape index (κ3) is 3.62. The van der Waals surface area contributed by atoms with Crippen molar-refractivity contribution < 1.29 is 8.42 Å².